The van der Waals surface area contributed by atoms with Crippen molar-refractivity contribution in [3.63, 3.8) is 0 Å². The minimum Gasteiger partial charge on any atom is -0.475 e. The van der Waals surface area contributed by atoms with Crippen LogP contribution in [0.1, 0.15) is 12.1 Å². The average Bonchev–Trinajstić information content (AvgIpc) is 3.14. The number of carboxylic acids is 2. The van der Waals surface area contributed by atoms with Crippen LogP contribution < -0.4 is 5.32 Å². The number of morpholine rings is 1. The van der Waals surface area contributed by atoms with E-state index in [0.29, 0.717) is 0 Å². The molecule has 2 aliphatic heterocycles. The Balaban J connectivity index is 0.000000301. The lowest BCUT2D eigenvalue weighted by Gasteiger charge is -2.32. The number of aliphatic carboxylic acids is 2. The summed E-state index contributed by atoms with van der Waals surface area (Å²) in [5.41, 5.74) is 1.78. The summed E-state index contributed by atoms with van der Waals surface area (Å²) in [5.74, 6) is -5.60. The molecule has 3 unspecified atom stereocenters. The highest BCUT2D eigenvalue weighted by atomic mass is 19.4. The van der Waals surface area contributed by atoms with Gasteiger partial charge < -0.3 is 20.3 Å². The van der Waals surface area contributed by atoms with Crippen LogP contribution >= 0.6 is 0 Å². The van der Waals surface area contributed by atoms with E-state index in [-0.39, 0.29) is 24.0 Å². The molecule has 2 aliphatic rings. The number of anilines is 1. The molecule has 2 fully saturated rings. The van der Waals surface area contributed by atoms with Gasteiger partial charge >= 0.3 is 24.3 Å². The van der Waals surface area contributed by atoms with E-state index in [1.807, 2.05) is 36.5 Å². The lowest BCUT2D eigenvalue weighted by Crippen LogP contribution is -2.44. The SMILES string of the molecule is O=C(Nc1cccnc1)C1CC2CN(Cc3ccccn3)CC1O2.O=C(O)C(F)(F)F.O=C(O)C(F)(F)F. The Labute approximate surface area is 211 Å². The van der Waals surface area contributed by atoms with Crippen LogP contribution in [0.3, 0.4) is 0 Å². The maximum absolute atomic E-state index is 12.6. The van der Waals surface area contributed by atoms with Crippen LogP contribution in [0, 0.1) is 5.92 Å². The van der Waals surface area contributed by atoms with Gasteiger partial charge in [0.25, 0.3) is 0 Å². The molecule has 38 heavy (non-hydrogen) atoms. The van der Waals surface area contributed by atoms with Crippen molar-refractivity contribution in [3.05, 3.63) is 54.6 Å². The molecule has 0 saturated carbocycles. The van der Waals surface area contributed by atoms with E-state index in [2.05, 4.69) is 20.2 Å². The van der Waals surface area contributed by atoms with E-state index < -0.39 is 24.3 Å². The number of alkyl halides is 6. The number of hydrogen-bond acceptors (Lipinski definition) is 7. The van der Waals surface area contributed by atoms with Crippen molar-refractivity contribution in [1.82, 2.24) is 14.9 Å². The number of rotatable bonds is 4. The van der Waals surface area contributed by atoms with Gasteiger partial charge in [0.2, 0.25) is 5.91 Å². The number of halogens is 6. The van der Waals surface area contributed by atoms with E-state index >= 15 is 0 Å². The highest BCUT2D eigenvalue weighted by Gasteiger charge is 2.44. The van der Waals surface area contributed by atoms with Crippen LogP contribution in [0.25, 0.3) is 0 Å². The van der Waals surface area contributed by atoms with Crippen molar-refractivity contribution in [3.8, 4) is 0 Å². The third kappa shape index (κ3) is 9.93. The zero-order chi connectivity index (χ0) is 28.5. The summed E-state index contributed by atoms with van der Waals surface area (Å²) in [5, 5.41) is 17.2. The lowest BCUT2D eigenvalue weighted by atomic mass is 9.99. The third-order valence-corrected chi connectivity index (χ3v) is 5.10. The van der Waals surface area contributed by atoms with Gasteiger partial charge in [0.15, 0.2) is 0 Å². The van der Waals surface area contributed by atoms with Gasteiger partial charge in [-0.15, -0.1) is 0 Å². The maximum atomic E-state index is 12.6. The molecule has 3 atom stereocenters. The van der Waals surface area contributed by atoms with Crippen LogP contribution in [0.4, 0.5) is 32.0 Å². The Kier molecular flexibility index (Phi) is 10.5. The fraction of sp³-hybridized carbons (Fsp3) is 0.409. The average molecular weight is 552 g/mol. The standard InChI is InChI=1S/C18H20N4O2.2C2HF3O2/c23-18(21-13-5-3-6-19-9-13)16-8-15-11-22(12-17(16)24-15)10-14-4-1-2-7-20-14;2*3-2(4,5)1(6)7/h1-7,9,15-17H,8,10-12H2,(H,21,23);2*(H,6,7). The smallest absolute Gasteiger partial charge is 0.475 e. The Morgan fingerprint density at radius 3 is 2.11 bits per heavy atom. The Hall–Kier alpha value is -3.79. The minimum absolute atomic E-state index is 0.0233. The van der Waals surface area contributed by atoms with Gasteiger partial charge in [-0.2, -0.15) is 26.3 Å². The fourth-order valence-corrected chi connectivity index (χ4v) is 3.53. The molecule has 0 radical (unpaired) electrons. The lowest BCUT2D eigenvalue weighted by molar-refractivity contribution is -0.193. The van der Waals surface area contributed by atoms with E-state index in [4.69, 9.17) is 24.5 Å². The van der Waals surface area contributed by atoms with E-state index in [9.17, 15) is 31.1 Å². The number of carbonyl (C=O) groups is 3. The molecule has 0 aromatic carbocycles. The fourth-order valence-electron chi connectivity index (χ4n) is 3.53. The Morgan fingerprint density at radius 2 is 1.61 bits per heavy atom. The zero-order valence-electron chi connectivity index (χ0n) is 19.3. The number of nitrogens with zero attached hydrogens (tertiary/aromatic N) is 3. The number of ether oxygens (including phenoxy) is 1. The molecule has 2 bridgehead atoms. The quantitative estimate of drug-likeness (QED) is 0.488. The van der Waals surface area contributed by atoms with Crippen LogP contribution in [0.2, 0.25) is 0 Å². The maximum Gasteiger partial charge on any atom is 0.490 e. The number of aromatic nitrogens is 2. The van der Waals surface area contributed by atoms with Gasteiger partial charge in [-0.1, -0.05) is 6.07 Å². The molecule has 2 saturated heterocycles. The summed E-state index contributed by atoms with van der Waals surface area (Å²) < 4.78 is 69.5. The molecule has 2 aromatic rings. The summed E-state index contributed by atoms with van der Waals surface area (Å²) in [4.78, 5) is 41.1. The number of pyridine rings is 2. The summed E-state index contributed by atoms with van der Waals surface area (Å²) in [6.07, 6.45) is -4.16. The topological polar surface area (TPSA) is 142 Å². The molecule has 2 aromatic heterocycles. The normalized spacial score (nSPS) is 20.7. The van der Waals surface area contributed by atoms with Crippen LogP contribution in [-0.4, -0.2) is 80.6 Å². The molecule has 4 heterocycles. The van der Waals surface area contributed by atoms with E-state index in [1.165, 1.54) is 0 Å². The van der Waals surface area contributed by atoms with E-state index in [1.54, 1.807) is 12.4 Å². The van der Waals surface area contributed by atoms with Gasteiger partial charge in [-0.05, 0) is 30.7 Å². The van der Waals surface area contributed by atoms with Gasteiger partial charge in [0.1, 0.15) is 0 Å². The van der Waals surface area contributed by atoms with E-state index in [0.717, 1.165) is 37.4 Å². The second-order valence-electron chi connectivity index (χ2n) is 7.99. The van der Waals surface area contributed by atoms with Crippen molar-refractivity contribution in [1.29, 1.82) is 0 Å². The number of carboxylic acid groups (broad SMARTS) is 2. The highest BCUT2D eigenvalue weighted by Crippen LogP contribution is 2.33. The molecule has 16 heteroatoms. The summed E-state index contributed by atoms with van der Waals surface area (Å²) in [7, 11) is 0. The van der Waals surface area contributed by atoms with Crippen LogP contribution in [-0.2, 0) is 25.7 Å². The molecule has 4 rings (SSSR count). The molecule has 0 aliphatic carbocycles. The zero-order valence-corrected chi connectivity index (χ0v) is 19.3. The first-order chi connectivity index (χ1) is 17.7. The van der Waals surface area contributed by atoms with Crippen molar-refractivity contribution in [2.24, 2.45) is 5.92 Å². The summed E-state index contributed by atoms with van der Waals surface area (Å²) in [6.45, 7) is 2.41. The molecule has 0 spiro atoms. The van der Waals surface area contributed by atoms with Crippen molar-refractivity contribution < 1.29 is 55.7 Å². The first kappa shape index (κ1) is 30.4. The monoisotopic (exact) mass is 552 g/mol. The number of hydrogen-bond donors (Lipinski definition) is 3. The number of carbonyl (C=O) groups excluding carboxylic acids is 1. The largest absolute Gasteiger partial charge is 0.490 e. The molecular formula is C22H22F6N4O6. The van der Waals surface area contributed by atoms with Crippen LogP contribution in [0.5, 0.6) is 0 Å². The number of likely N-dealkylation sites (tertiary alicyclic amines) is 1. The van der Waals surface area contributed by atoms with Crippen LogP contribution in [0.15, 0.2) is 48.9 Å². The molecule has 10 nitrogen and oxygen atoms in total. The minimum atomic E-state index is -5.08. The first-order valence-electron chi connectivity index (χ1n) is 10.8. The second kappa shape index (κ2) is 13.1. The predicted octanol–water partition coefficient (Wildman–Crippen LogP) is 2.97. The number of fused-ring (bicyclic) bond motifs is 2. The highest BCUT2D eigenvalue weighted by molar-refractivity contribution is 5.93. The molecular weight excluding hydrogens is 530 g/mol. The van der Waals surface area contributed by atoms with Gasteiger partial charge in [0, 0.05) is 32.0 Å². The van der Waals surface area contributed by atoms with Crippen molar-refractivity contribution in [2.45, 2.75) is 37.5 Å². The predicted molar refractivity (Wildman–Crippen MR) is 117 cm³/mol. The van der Waals surface area contributed by atoms with Crippen molar-refractivity contribution in [2.75, 3.05) is 18.4 Å². The molecule has 3 N–H and O–H groups in total. The second-order valence-corrected chi connectivity index (χ2v) is 7.99. The number of amides is 1. The van der Waals surface area contributed by atoms with Gasteiger partial charge in [0.05, 0.1) is 35.7 Å². The summed E-state index contributed by atoms with van der Waals surface area (Å²) >= 11 is 0. The first-order valence-corrected chi connectivity index (χ1v) is 10.8. The Bertz CT molecular complexity index is 1050. The molecule has 1 amide bonds. The Morgan fingerprint density at radius 1 is 0.974 bits per heavy atom. The molecule has 208 valence electrons. The van der Waals surface area contributed by atoms with Gasteiger partial charge in [-0.3, -0.25) is 19.7 Å². The van der Waals surface area contributed by atoms with Gasteiger partial charge in [-0.25, -0.2) is 9.59 Å². The summed E-state index contributed by atoms with van der Waals surface area (Å²) in [6, 6.07) is 9.62. The third-order valence-electron chi connectivity index (χ3n) is 5.10. The number of nitrogens with one attached hydrogen (secondary N) is 1. The van der Waals surface area contributed by atoms with Crippen molar-refractivity contribution >= 4 is 23.5 Å².